The van der Waals surface area contributed by atoms with Gasteiger partial charge >= 0.3 is 0 Å². The quantitative estimate of drug-likeness (QED) is 0.304. The van der Waals surface area contributed by atoms with E-state index in [1.54, 1.807) is 41.0 Å². The minimum Gasteiger partial charge on any atom is -0.497 e. The molecule has 1 N–H and O–H groups in total. The van der Waals surface area contributed by atoms with E-state index in [-0.39, 0.29) is 24.9 Å². The molecule has 0 saturated carbocycles. The van der Waals surface area contributed by atoms with E-state index in [0.717, 1.165) is 16.0 Å². The Hall–Kier alpha value is -4.50. The van der Waals surface area contributed by atoms with Crippen LogP contribution in [0.3, 0.4) is 0 Å². The van der Waals surface area contributed by atoms with Gasteiger partial charge in [-0.2, -0.15) is 0 Å². The van der Waals surface area contributed by atoms with Gasteiger partial charge in [0.05, 0.1) is 12.6 Å². The fourth-order valence-corrected chi connectivity index (χ4v) is 4.95. The van der Waals surface area contributed by atoms with Gasteiger partial charge in [-0.3, -0.25) is 9.59 Å². The highest BCUT2D eigenvalue weighted by molar-refractivity contribution is 7.10. The van der Waals surface area contributed by atoms with Crippen LogP contribution in [0.4, 0.5) is 5.69 Å². The molecule has 2 aromatic heterocycles. The predicted molar refractivity (Wildman–Crippen MR) is 143 cm³/mol. The van der Waals surface area contributed by atoms with E-state index in [1.165, 1.54) is 11.3 Å². The molecule has 9 heteroatoms. The van der Waals surface area contributed by atoms with E-state index in [9.17, 15) is 9.59 Å². The maximum absolute atomic E-state index is 13.9. The fraction of sp³-hybridized carbons (Fsp3) is 0.143. The Morgan fingerprint density at radius 2 is 1.73 bits per heavy atom. The minimum absolute atomic E-state index is 0.0506. The van der Waals surface area contributed by atoms with Crippen LogP contribution in [0.25, 0.3) is 11.0 Å². The van der Waals surface area contributed by atoms with Crippen molar-refractivity contribution in [2.45, 2.75) is 19.1 Å². The number of thiophene rings is 1. The van der Waals surface area contributed by atoms with Crippen molar-refractivity contribution in [2.24, 2.45) is 0 Å². The Labute approximate surface area is 218 Å². The summed E-state index contributed by atoms with van der Waals surface area (Å²) in [5.41, 5.74) is 2.99. The number of methoxy groups -OCH3 is 1. The van der Waals surface area contributed by atoms with Gasteiger partial charge in [-0.1, -0.05) is 53.7 Å². The lowest BCUT2D eigenvalue weighted by molar-refractivity contribution is -0.140. The van der Waals surface area contributed by atoms with Gasteiger partial charge in [-0.05, 0) is 53.4 Å². The second-order valence-electron chi connectivity index (χ2n) is 8.38. The standard InChI is InChI=1S/C28H25N5O3S/c1-36-22-15-13-21(14-16-22)29-28(35)27(25-12-7-17-37-25)32(18-20-8-3-2-4-9-20)26(34)19-33-24-11-6-5-10-23(24)30-31-33/h2-17,27H,18-19H2,1H3,(H,29,35)/t27-/m0/s1. The van der Waals surface area contributed by atoms with Crippen molar-refractivity contribution in [3.05, 3.63) is 107 Å². The third-order valence-corrected chi connectivity index (χ3v) is 6.88. The summed E-state index contributed by atoms with van der Waals surface area (Å²) in [5, 5.41) is 13.2. The van der Waals surface area contributed by atoms with Crippen LogP contribution in [0.2, 0.25) is 0 Å². The molecule has 5 rings (SSSR count). The first-order valence-electron chi connectivity index (χ1n) is 11.7. The molecule has 2 heterocycles. The average molecular weight is 512 g/mol. The zero-order valence-corrected chi connectivity index (χ0v) is 21.0. The molecule has 0 aliphatic carbocycles. The smallest absolute Gasteiger partial charge is 0.252 e. The minimum atomic E-state index is -0.843. The molecule has 0 aliphatic rings. The van der Waals surface area contributed by atoms with Crippen molar-refractivity contribution < 1.29 is 14.3 Å². The first-order chi connectivity index (χ1) is 18.1. The van der Waals surface area contributed by atoms with Crippen LogP contribution >= 0.6 is 11.3 Å². The Bertz CT molecular complexity index is 1480. The molecule has 0 unspecified atom stereocenters. The van der Waals surface area contributed by atoms with Gasteiger partial charge in [-0.15, -0.1) is 16.4 Å². The number of anilines is 1. The molecule has 5 aromatic rings. The number of hydrogen-bond donors (Lipinski definition) is 1. The summed E-state index contributed by atoms with van der Waals surface area (Å²) >= 11 is 1.43. The lowest BCUT2D eigenvalue weighted by Gasteiger charge is -2.30. The summed E-state index contributed by atoms with van der Waals surface area (Å²) in [5.74, 6) is 0.136. The van der Waals surface area contributed by atoms with E-state index in [2.05, 4.69) is 15.6 Å². The topological polar surface area (TPSA) is 89.4 Å². The van der Waals surface area contributed by atoms with Gasteiger partial charge in [-0.25, -0.2) is 4.68 Å². The Morgan fingerprint density at radius 1 is 0.973 bits per heavy atom. The molecule has 0 bridgehead atoms. The van der Waals surface area contributed by atoms with Gasteiger partial charge in [0.15, 0.2) is 0 Å². The van der Waals surface area contributed by atoms with Crippen molar-refractivity contribution in [1.29, 1.82) is 0 Å². The van der Waals surface area contributed by atoms with Crippen LogP contribution in [0.15, 0.2) is 96.4 Å². The van der Waals surface area contributed by atoms with Crippen LogP contribution in [-0.2, 0) is 22.7 Å². The van der Waals surface area contributed by atoms with E-state index >= 15 is 0 Å². The molecule has 8 nitrogen and oxygen atoms in total. The van der Waals surface area contributed by atoms with Crippen molar-refractivity contribution in [2.75, 3.05) is 12.4 Å². The second kappa shape index (κ2) is 11.0. The number of ether oxygens (including phenoxy) is 1. The molecule has 2 amide bonds. The van der Waals surface area contributed by atoms with Gasteiger partial charge < -0.3 is 15.0 Å². The zero-order chi connectivity index (χ0) is 25.6. The SMILES string of the molecule is COc1ccc(NC(=O)[C@H](c2cccs2)N(Cc2ccccc2)C(=O)Cn2nnc3ccccc32)cc1. The number of carbonyl (C=O) groups is 2. The Morgan fingerprint density at radius 3 is 2.46 bits per heavy atom. The largest absolute Gasteiger partial charge is 0.497 e. The summed E-state index contributed by atoms with van der Waals surface area (Å²) in [6.07, 6.45) is 0. The number of rotatable bonds is 9. The maximum atomic E-state index is 13.9. The lowest BCUT2D eigenvalue weighted by Crippen LogP contribution is -2.42. The highest BCUT2D eigenvalue weighted by atomic mass is 32.1. The number of nitrogens with one attached hydrogen (secondary N) is 1. The molecule has 0 radical (unpaired) electrons. The van der Waals surface area contributed by atoms with Crippen LogP contribution in [0, 0.1) is 0 Å². The highest BCUT2D eigenvalue weighted by Gasteiger charge is 2.33. The third-order valence-electron chi connectivity index (χ3n) is 5.95. The highest BCUT2D eigenvalue weighted by Crippen LogP contribution is 2.29. The van der Waals surface area contributed by atoms with Crippen LogP contribution in [0.5, 0.6) is 5.75 Å². The summed E-state index contributed by atoms with van der Waals surface area (Å²) in [7, 11) is 1.59. The summed E-state index contributed by atoms with van der Waals surface area (Å²) in [4.78, 5) is 30.0. The molecule has 3 aromatic carbocycles. The van der Waals surface area contributed by atoms with Gasteiger partial charge in [0, 0.05) is 17.1 Å². The number of para-hydroxylation sites is 1. The second-order valence-corrected chi connectivity index (χ2v) is 9.36. The molecular formula is C28H25N5O3S. The molecule has 1 atom stereocenters. The zero-order valence-electron chi connectivity index (χ0n) is 20.2. The molecule has 0 saturated heterocycles. The summed E-state index contributed by atoms with van der Waals surface area (Å²) < 4.78 is 6.79. The predicted octanol–water partition coefficient (Wildman–Crippen LogP) is 4.91. The lowest BCUT2D eigenvalue weighted by atomic mass is 10.1. The number of benzene rings is 3. The molecule has 186 valence electrons. The number of carbonyl (C=O) groups excluding carboxylic acids is 2. The van der Waals surface area contributed by atoms with E-state index in [0.29, 0.717) is 17.0 Å². The molecule has 0 aliphatic heterocycles. The number of hydrogen-bond acceptors (Lipinski definition) is 6. The number of aromatic nitrogens is 3. The van der Waals surface area contributed by atoms with Gasteiger partial charge in [0.25, 0.3) is 5.91 Å². The fourth-order valence-electron chi connectivity index (χ4n) is 4.11. The summed E-state index contributed by atoms with van der Waals surface area (Å²) in [6, 6.07) is 27.1. The molecular weight excluding hydrogens is 486 g/mol. The number of amides is 2. The molecule has 37 heavy (non-hydrogen) atoms. The normalized spacial score (nSPS) is 11.7. The van der Waals surface area contributed by atoms with E-state index in [4.69, 9.17) is 4.74 Å². The van der Waals surface area contributed by atoms with Crippen molar-refractivity contribution in [3.63, 3.8) is 0 Å². The Balaban J connectivity index is 1.49. The maximum Gasteiger partial charge on any atom is 0.252 e. The van der Waals surface area contributed by atoms with Crippen LogP contribution in [0.1, 0.15) is 16.5 Å². The van der Waals surface area contributed by atoms with Crippen LogP contribution < -0.4 is 10.1 Å². The summed E-state index contributed by atoms with van der Waals surface area (Å²) in [6.45, 7) is 0.204. The average Bonchev–Trinajstić information content (AvgIpc) is 3.60. The first kappa shape index (κ1) is 24.2. The van der Waals surface area contributed by atoms with Crippen LogP contribution in [-0.4, -0.2) is 38.8 Å². The first-order valence-corrected chi connectivity index (χ1v) is 12.6. The van der Waals surface area contributed by atoms with E-state index < -0.39 is 6.04 Å². The van der Waals surface area contributed by atoms with E-state index in [1.807, 2.05) is 72.1 Å². The molecule has 0 spiro atoms. The van der Waals surface area contributed by atoms with Crippen molar-refractivity contribution >= 4 is 39.9 Å². The third kappa shape index (κ3) is 5.52. The van der Waals surface area contributed by atoms with Crippen molar-refractivity contribution in [1.82, 2.24) is 19.9 Å². The molecule has 0 fully saturated rings. The number of nitrogens with zero attached hydrogens (tertiary/aromatic N) is 4. The van der Waals surface area contributed by atoms with Crippen molar-refractivity contribution in [3.8, 4) is 5.75 Å². The number of fused-ring (bicyclic) bond motifs is 1. The van der Waals surface area contributed by atoms with Gasteiger partial charge in [0.2, 0.25) is 5.91 Å². The Kier molecular flexibility index (Phi) is 7.23. The van der Waals surface area contributed by atoms with Gasteiger partial charge in [0.1, 0.15) is 23.9 Å². The monoisotopic (exact) mass is 511 g/mol.